The van der Waals surface area contributed by atoms with Crippen LogP contribution in [0, 0.1) is 0 Å². The first-order chi connectivity index (χ1) is 8.60. The van der Waals surface area contributed by atoms with Gasteiger partial charge in [0.1, 0.15) is 0 Å². The van der Waals surface area contributed by atoms with Crippen molar-refractivity contribution in [2.75, 3.05) is 6.26 Å². The Morgan fingerprint density at radius 2 is 2.06 bits per heavy atom. The van der Waals surface area contributed by atoms with Crippen molar-refractivity contribution in [2.45, 2.75) is 26.6 Å². The maximum absolute atomic E-state index is 9.79. The lowest BCUT2D eigenvalue weighted by atomic mass is 10.1. The van der Waals surface area contributed by atoms with Crippen molar-refractivity contribution in [2.24, 2.45) is 0 Å². The van der Waals surface area contributed by atoms with Crippen molar-refractivity contribution in [1.29, 1.82) is 0 Å². The van der Waals surface area contributed by atoms with Gasteiger partial charge < -0.3 is 5.11 Å². The van der Waals surface area contributed by atoms with Crippen LogP contribution in [0.5, 0.6) is 0 Å². The minimum absolute atomic E-state index is 0.502. The van der Waals surface area contributed by atoms with Gasteiger partial charge in [-0.1, -0.05) is 50.8 Å². The highest BCUT2D eigenvalue weighted by atomic mass is 79.9. The summed E-state index contributed by atoms with van der Waals surface area (Å²) in [4.78, 5) is 1.01. The van der Waals surface area contributed by atoms with Crippen LogP contribution in [0.4, 0.5) is 0 Å². The molecule has 7 heteroatoms. The van der Waals surface area contributed by atoms with Crippen LogP contribution in [0.2, 0.25) is 0 Å². The summed E-state index contributed by atoms with van der Waals surface area (Å²) in [6, 6.07) is 5.88. The highest BCUT2D eigenvalue weighted by molar-refractivity contribution is 9.10. The number of benzene rings is 1. The Morgan fingerprint density at radius 1 is 1.33 bits per heavy atom. The second-order valence-corrected chi connectivity index (χ2v) is 7.73. The molecule has 1 N–H and O–H groups in total. The Labute approximate surface area is 127 Å². The van der Waals surface area contributed by atoms with Crippen LogP contribution in [0.3, 0.4) is 0 Å². The molecule has 0 amide bonds. The Balaban J connectivity index is 2.28. The first-order valence-electron chi connectivity index (χ1n) is 5.13. The van der Waals surface area contributed by atoms with Crippen LogP contribution in [-0.4, -0.2) is 21.6 Å². The van der Waals surface area contributed by atoms with Crippen LogP contribution < -0.4 is 0 Å². The maximum Gasteiger partial charge on any atom is 0.179 e. The van der Waals surface area contributed by atoms with E-state index in [9.17, 15) is 5.11 Å². The number of aromatic nitrogens is 2. The van der Waals surface area contributed by atoms with Gasteiger partial charge in [0.2, 0.25) is 0 Å². The lowest BCUT2D eigenvalue weighted by molar-refractivity contribution is 0.196. The molecule has 0 aliphatic heterocycles. The minimum Gasteiger partial charge on any atom is -0.389 e. The molecule has 0 aliphatic carbocycles. The molecule has 1 atom stereocenters. The first kappa shape index (κ1) is 14.3. The molecule has 96 valence electrons. The second kappa shape index (κ2) is 6.38. The third kappa shape index (κ3) is 3.48. The van der Waals surface area contributed by atoms with E-state index in [1.165, 1.54) is 11.8 Å². The predicted octanol–water partition coefficient (Wildman–Crippen LogP) is 4.23. The highest BCUT2D eigenvalue weighted by Gasteiger charge is 2.12. The zero-order chi connectivity index (χ0) is 13.1. The summed E-state index contributed by atoms with van der Waals surface area (Å²) in [5, 5.41) is 18.0. The molecule has 0 saturated heterocycles. The number of nitrogens with zero attached hydrogens (tertiary/aromatic N) is 2. The molecule has 0 aliphatic rings. The van der Waals surface area contributed by atoms with E-state index in [2.05, 4.69) is 26.1 Å². The molecule has 1 aromatic heterocycles. The fraction of sp³-hybridized carbons (Fsp3) is 0.273. The van der Waals surface area contributed by atoms with Crippen molar-refractivity contribution < 1.29 is 5.11 Å². The van der Waals surface area contributed by atoms with Crippen LogP contribution in [0.25, 0.3) is 0 Å². The highest BCUT2D eigenvalue weighted by Crippen LogP contribution is 2.37. The molecule has 0 fully saturated rings. The van der Waals surface area contributed by atoms with Crippen LogP contribution in [-0.2, 0) is 0 Å². The normalized spacial score (nSPS) is 12.7. The number of halogens is 1. The maximum atomic E-state index is 9.79. The summed E-state index contributed by atoms with van der Waals surface area (Å²) < 4.78 is 2.81. The van der Waals surface area contributed by atoms with Crippen LogP contribution in [0.15, 0.2) is 36.2 Å². The van der Waals surface area contributed by atoms with Crippen molar-refractivity contribution in [1.82, 2.24) is 10.2 Å². The zero-order valence-electron chi connectivity index (χ0n) is 9.75. The summed E-state index contributed by atoms with van der Waals surface area (Å²) >= 11 is 8.10. The Morgan fingerprint density at radius 3 is 2.67 bits per heavy atom. The lowest BCUT2D eigenvalue weighted by Gasteiger charge is -2.10. The van der Waals surface area contributed by atoms with Crippen LogP contribution >= 0.6 is 50.8 Å². The molecule has 0 saturated carbocycles. The monoisotopic (exact) mass is 362 g/mol. The molecule has 1 unspecified atom stereocenters. The van der Waals surface area contributed by atoms with Gasteiger partial charge in [-0.15, -0.1) is 10.2 Å². The Hall–Kier alpha value is -0.0800. The van der Waals surface area contributed by atoms with E-state index >= 15 is 0 Å². The van der Waals surface area contributed by atoms with E-state index in [0.29, 0.717) is 0 Å². The number of aliphatic hydroxyl groups is 1. The molecule has 2 rings (SSSR count). The van der Waals surface area contributed by atoms with Gasteiger partial charge in [0.05, 0.1) is 6.10 Å². The predicted molar refractivity (Wildman–Crippen MR) is 80.6 cm³/mol. The quantitative estimate of drug-likeness (QED) is 0.824. The van der Waals surface area contributed by atoms with Crippen LogP contribution in [0.1, 0.15) is 18.6 Å². The van der Waals surface area contributed by atoms with E-state index in [0.717, 1.165) is 23.6 Å². The van der Waals surface area contributed by atoms with E-state index in [1.54, 1.807) is 30.0 Å². The van der Waals surface area contributed by atoms with Crippen molar-refractivity contribution in [3.8, 4) is 0 Å². The van der Waals surface area contributed by atoms with E-state index in [-0.39, 0.29) is 0 Å². The fourth-order valence-corrected chi connectivity index (χ4v) is 4.32. The summed E-state index contributed by atoms with van der Waals surface area (Å²) in [6.07, 6.45) is 1.48. The number of rotatable bonds is 4. The molecule has 1 heterocycles. The number of hydrogen-bond acceptors (Lipinski definition) is 6. The fourth-order valence-electron chi connectivity index (χ4n) is 1.35. The van der Waals surface area contributed by atoms with Crippen molar-refractivity contribution in [3.63, 3.8) is 0 Å². The molecular formula is C11H11BrN2OS3. The summed E-state index contributed by atoms with van der Waals surface area (Å²) in [6.45, 7) is 1.76. The van der Waals surface area contributed by atoms with Gasteiger partial charge in [-0.2, -0.15) is 0 Å². The van der Waals surface area contributed by atoms with E-state index < -0.39 is 6.10 Å². The van der Waals surface area contributed by atoms with Gasteiger partial charge in [0, 0.05) is 9.37 Å². The van der Waals surface area contributed by atoms with Gasteiger partial charge in [-0.05, 0) is 36.9 Å². The van der Waals surface area contributed by atoms with Gasteiger partial charge in [0.15, 0.2) is 8.68 Å². The van der Waals surface area contributed by atoms with Crippen molar-refractivity contribution in [3.05, 3.63) is 28.2 Å². The smallest absolute Gasteiger partial charge is 0.179 e. The van der Waals surface area contributed by atoms with E-state index in [1.807, 2.05) is 24.5 Å². The number of aliphatic hydroxyl groups excluding tert-OH is 1. The SMILES string of the molecule is CSc1nnc(Sc2ccc(Br)cc2C(C)O)s1. The Kier molecular flexibility index (Phi) is 5.08. The number of thioether (sulfide) groups is 1. The van der Waals surface area contributed by atoms with E-state index in [4.69, 9.17) is 0 Å². The third-order valence-electron chi connectivity index (χ3n) is 2.18. The molecule has 0 radical (unpaired) electrons. The molecule has 0 spiro atoms. The molecule has 2 aromatic rings. The first-order valence-corrected chi connectivity index (χ1v) is 8.78. The summed E-state index contributed by atoms with van der Waals surface area (Å²) in [7, 11) is 0. The number of hydrogen-bond donors (Lipinski definition) is 1. The van der Waals surface area contributed by atoms with Crippen molar-refractivity contribution >= 4 is 50.8 Å². The molecule has 0 bridgehead atoms. The standard InChI is InChI=1S/C11H11BrN2OS3/c1-6(15)8-5-7(12)3-4-9(8)17-11-14-13-10(16-2)18-11/h3-6,15H,1-2H3. The molecule has 1 aromatic carbocycles. The third-order valence-corrected chi connectivity index (χ3v) is 5.72. The second-order valence-electron chi connectivity index (χ2n) is 3.50. The van der Waals surface area contributed by atoms with Gasteiger partial charge >= 0.3 is 0 Å². The largest absolute Gasteiger partial charge is 0.389 e. The lowest BCUT2D eigenvalue weighted by Crippen LogP contribution is -1.93. The van der Waals surface area contributed by atoms with Gasteiger partial charge in [-0.25, -0.2) is 0 Å². The minimum atomic E-state index is -0.502. The molecular weight excluding hydrogens is 352 g/mol. The zero-order valence-corrected chi connectivity index (χ0v) is 13.8. The average molecular weight is 363 g/mol. The molecule has 3 nitrogen and oxygen atoms in total. The molecule has 18 heavy (non-hydrogen) atoms. The summed E-state index contributed by atoms with van der Waals surface area (Å²) in [5.74, 6) is 0. The topological polar surface area (TPSA) is 46.0 Å². The van der Waals surface area contributed by atoms with Gasteiger partial charge in [0.25, 0.3) is 0 Å². The summed E-state index contributed by atoms with van der Waals surface area (Å²) in [5.41, 5.74) is 0.898. The van der Waals surface area contributed by atoms with Gasteiger partial charge in [-0.3, -0.25) is 0 Å². The Bertz CT molecular complexity index is 545. The average Bonchev–Trinajstić information content (AvgIpc) is 2.79.